The van der Waals surface area contributed by atoms with Gasteiger partial charge in [-0.25, -0.2) is 0 Å². The quantitative estimate of drug-likeness (QED) is 0.827. The van der Waals surface area contributed by atoms with Crippen molar-refractivity contribution in [1.82, 2.24) is 19.7 Å². The van der Waals surface area contributed by atoms with E-state index in [0.717, 1.165) is 23.6 Å². The Morgan fingerprint density at radius 3 is 2.76 bits per heavy atom. The molecule has 0 aromatic carbocycles. The topological polar surface area (TPSA) is 86.5 Å². The second-order valence-electron chi connectivity index (χ2n) is 6.36. The van der Waals surface area contributed by atoms with Crippen LogP contribution >= 0.6 is 0 Å². The van der Waals surface area contributed by atoms with Gasteiger partial charge in [0.2, 0.25) is 5.91 Å². The van der Waals surface area contributed by atoms with Gasteiger partial charge in [-0.2, -0.15) is 5.10 Å². The average Bonchev–Trinajstić information content (AvgIpc) is 2.80. The number of β-amino-alcohol motifs (C(OH)–C–C–N with tert-alkyl or cyclic N) is 1. The van der Waals surface area contributed by atoms with Crippen LogP contribution in [0.2, 0.25) is 0 Å². The smallest absolute Gasteiger partial charge is 0.238 e. The SMILES string of the molecule is Cc1c(NC(=O)CN2CCN(c3ccncc3)C[C@@H](O)C2)cnn1C. The van der Waals surface area contributed by atoms with Crippen molar-refractivity contribution in [2.45, 2.75) is 13.0 Å². The summed E-state index contributed by atoms with van der Waals surface area (Å²) in [7, 11) is 1.84. The van der Waals surface area contributed by atoms with Gasteiger partial charge in [0.05, 0.1) is 30.2 Å². The number of aromatic nitrogens is 3. The first kappa shape index (κ1) is 17.4. The Labute approximate surface area is 147 Å². The Morgan fingerprint density at radius 2 is 2.08 bits per heavy atom. The molecule has 8 nitrogen and oxygen atoms in total. The summed E-state index contributed by atoms with van der Waals surface area (Å²) in [4.78, 5) is 20.4. The van der Waals surface area contributed by atoms with Gasteiger partial charge < -0.3 is 15.3 Å². The first-order valence-electron chi connectivity index (χ1n) is 8.37. The van der Waals surface area contributed by atoms with Crippen LogP contribution in [0.4, 0.5) is 11.4 Å². The minimum Gasteiger partial charge on any atom is -0.390 e. The fourth-order valence-electron chi connectivity index (χ4n) is 3.00. The van der Waals surface area contributed by atoms with Gasteiger partial charge in [0.25, 0.3) is 0 Å². The molecule has 8 heteroatoms. The van der Waals surface area contributed by atoms with Crippen LogP contribution < -0.4 is 10.2 Å². The number of aliphatic hydroxyl groups is 1. The zero-order valence-electron chi connectivity index (χ0n) is 14.6. The third kappa shape index (κ3) is 4.34. The Hall–Kier alpha value is -2.45. The second kappa shape index (κ2) is 7.62. The highest BCUT2D eigenvalue weighted by Crippen LogP contribution is 2.16. The van der Waals surface area contributed by atoms with Crippen molar-refractivity contribution in [3.63, 3.8) is 0 Å². The monoisotopic (exact) mass is 344 g/mol. The number of hydrogen-bond acceptors (Lipinski definition) is 6. The van der Waals surface area contributed by atoms with Crippen LogP contribution in [0.15, 0.2) is 30.7 Å². The van der Waals surface area contributed by atoms with Crippen LogP contribution in [0, 0.1) is 6.92 Å². The Bertz CT molecular complexity index is 717. The maximum absolute atomic E-state index is 12.3. The van der Waals surface area contributed by atoms with Crippen molar-refractivity contribution in [3.05, 3.63) is 36.4 Å². The number of nitrogens with zero attached hydrogens (tertiary/aromatic N) is 5. The Balaban J connectivity index is 1.58. The first-order chi connectivity index (χ1) is 12.0. The van der Waals surface area contributed by atoms with Crippen molar-refractivity contribution in [2.24, 2.45) is 7.05 Å². The lowest BCUT2D eigenvalue weighted by molar-refractivity contribution is -0.117. The van der Waals surface area contributed by atoms with Crippen LogP contribution in [0.3, 0.4) is 0 Å². The predicted octanol–water partition coefficient (Wildman–Crippen LogP) is 0.245. The summed E-state index contributed by atoms with van der Waals surface area (Å²) in [6.45, 7) is 4.63. The van der Waals surface area contributed by atoms with E-state index in [4.69, 9.17) is 0 Å². The second-order valence-corrected chi connectivity index (χ2v) is 6.36. The number of rotatable bonds is 4. The number of pyridine rings is 1. The Morgan fingerprint density at radius 1 is 1.32 bits per heavy atom. The van der Waals surface area contributed by atoms with E-state index in [2.05, 4.69) is 20.3 Å². The van der Waals surface area contributed by atoms with Gasteiger partial charge in [0, 0.05) is 51.3 Å². The third-order valence-corrected chi connectivity index (χ3v) is 4.49. The zero-order valence-corrected chi connectivity index (χ0v) is 14.6. The molecular formula is C17H24N6O2. The van der Waals surface area contributed by atoms with Crippen molar-refractivity contribution in [3.8, 4) is 0 Å². The number of amides is 1. The molecule has 0 unspecified atom stereocenters. The molecule has 1 atom stereocenters. The van der Waals surface area contributed by atoms with E-state index in [0.29, 0.717) is 19.6 Å². The first-order valence-corrected chi connectivity index (χ1v) is 8.37. The number of carbonyl (C=O) groups excluding carboxylic acids is 1. The number of hydrogen-bond donors (Lipinski definition) is 2. The molecule has 134 valence electrons. The summed E-state index contributed by atoms with van der Waals surface area (Å²) < 4.78 is 1.72. The molecule has 1 saturated heterocycles. The molecule has 25 heavy (non-hydrogen) atoms. The molecule has 2 aromatic rings. The highest BCUT2D eigenvalue weighted by atomic mass is 16.3. The molecule has 1 amide bonds. The summed E-state index contributed by atoms with van der Waals surface area (Å²) in [5.41, 5.74) is 2.67. The number of nitrogens with one attached hydrogen (secondary N) is 1. The summed E-state index contributed by atoms with van der Waals surface area (Å²) in [5.74, 6) is -0.0966. The molecule has 1 fully saturated rings. The fraction of sp³-hybridized carbons (Fsp3) is 0.471. The molecule has 3 rings (SSSR count). The van der Waals surface area contributed by atoms with Crippen molar-refractivity contribution < 1.29 is 9.90 Å². The highest BCUT2D eigenvalue weighted by Gasteiger charge is 2.23. The molecule has 3 heterocycles. The van der Waals surface area contributed by atoms with E-state index < -0.39 is 6.10 Å². The zero-order chi connectivity index (χ0) is 17.8. The summed E-state index contributed by atoms with van der Waals surface area (Å²) in [6.07, 6.45) is 4.63. The van der Waals surface area contributed by atoms with Crippen molar-refractivity contribution in [2.75, 3.05) is 42.9 Å². The molecule has 0 aliphatic carbocycles. The van der Waals surface area contributed by atoms with Crippen LogP contribution in [0.1, 0.15) is 5.69 Å². The third-order valence-electron chi connectivity index (χ3n) is 4.49. The predicted molar refractivity (Wildman–Crippen MR) is 95.5 cm³/mol. The molecular weight excluding hydrogens is 320 g/mol. The Kier molecular flexibility index (Phi) is 5.30. The standard InChI is InChI=1S/C17H24N6O2/c1-13-16(9-19-21(13)2)20-17(25)12-22-7-8-23(11-15(24)10-22)14-3-5-18-6-4-14/h3-6,9,15,24H,7-8,10-12H2,1-2H3,(H,20,25)/t15-/m0/s1. The lowest BCUT2D eigenvalue weighted by Crippen LogP contribution is -2.38. The molecule has 0 saturated carbocycles. The highest BCUT2D eigenvalue weighted by molar-refractivity contribution is 5.92. The molecule has 1 aliphatic heterocycles. The fourth-order valence-corrected chi connectivity index (χ4v) is 3.00. The number of carbonyl (C=O) groups is 1. The van der Waals surface area contributed by atoms with Crippen molar-refractivity contribution in [1.29, 1.82) is 0 Å². The van der Waals surface area contributed by atoms with Gasteiger partial charge >= 0.3 is 0 Å². The van der Waals surface area contributed by atoms with Gasteiger partial charge in [0.15, 0.2) is 0 Å². The van der Waals surface area contributed by atoms with E-state index in [-0.39, 0.29) is 12.5 Å². The maximum Gasteiger partial charge on any atom is 0.238 e. The lowest BCUT2D eigenvalue weighted by Gasteiger charge is -2.23. The number of aryl methyl sites for hydroxylation is 1. The largest absolute Gasteiger partial charge is 0.390 e. The van der Waals surface area contributed by atoms with E-state index in [1.54, 1.807) is 23.3 Å². The minimum atomic E-state index is -0.511. The van der Waals surface area contributed by atoms with Gasteiger partial charge in [0.1, 0.15) is 0 Å². The summed E-state index contributed by atoms with van der Waals surface area (Å²) >= 11 is 0. The van der Waals surface area contributed by atoms with Crippen molar-refractivity contribution >= 4 is 17.3 Å². The van der Waals surface area contributed by atoms with Gasteiger partial charge in [-0.1, -0.05) is 0 Å². The summed E-state index contributed by atoms with van der Waals surface area (Å²) in [6, 6.07) is 3.86. The number of anilines is 2. The molecule has 2 aromatic heterocycles. The number of aliphatic hydroxyl groups excluding tert-OH is 1. The normalized spacial score (nSPS) is 18.8. The summed E-state index contributed by atoms with van der Waals surface area (Å²) in [5, 5.41) is 17.3. The van der Waals surface area contributed by atoms with Crippen LogP contribution in [-0.4, -0.2) is 69.5 Å². The molecule has 0 radical (unpaired) electrons. The van der Waals surface area contributed by atoms with Crippen LogP contribution in [0.5, 0.6) is 0 Å². The maximum atomic E-state index is 12.3. The van der Waals surface area contributed by atoms with Gasteiger partial charge in [-0.15, -0.1) is 0 Å². The molecule has 0 spiro atoms. The van der Waals surface area contributed by atoms with E-state index in [1.165, 1.54) is 0 Å². The minimum absolute atomic E-state index is 0.0966. The molecule has 0 bridgehead atoms. The average molecular weight is 344 g/mol. The van der Waals surface area contributed by atoms with E-state index in [9.17, 15) is 9.90 Å². The van der Waals surface area contributed by atoms with E-state index >= 15 is 0 Å². The van der Waals surface area contributed by atoms with Crippen LogP contribution in [-0.2, 0) is 11.8 Å². The van der Waals surface area contributed by atoms with Crippen LogP contribution in [0.25, 0.3) is 0 Å². The van der Waals surface area contributed by atoms with Gasteiger partial charge in [-0.05, 0) is 19.1 Å². The molecule has 2 N–H and O–H groups in total. The van der Waals surface area contributed by atoms with Gasteiger partial charge in [-0.3, -0.25) is 19.4 Å². The lowest BCUT2D eigenvalue weighted by atomic mass is 10.3. The van der Waals surface area contributed by atoms with E-state index in [1.807, 2.05) is 31.0 Å². The molecule has 1 aliphatic rings.